The van der Waals surface area contributed by atoms with Crippen LogP contribution in [0.25, 0.3) is 22.5 Å². The number of benzene rings is 2. The molecule has 1 aliphatic heterocycles. The normalized spacial score (nSPS) is 13.1. The Bertz CT molecular complexity index is 885. The van der Waals surface area contributed by atoms with Gasteiger partial charge in [0.15, 0.2) is 0 Å². The Morgan fingerprint density at radius 3 is 2.46 bits per heavy atom. The minimum Gasteiger partial charge on any atom is -0.311 e. The van der Waals surface area contributed by atoms with Gasteiger partial charge in [0.25, 0.3) is 0 Å². The van der Waals surface area contributed by atoms with Gasteiger partial charge in [-0.05, 0) is 25.5 Å². The van der Waals surface area contributed by atoms with Gasteiger partial charge in [-0.15, -0.1) is 5.10 Å². The standard InChI is InChI=1S/C19H20N4S/c1-13(2)23-19-15-9-5-4-8-14(15)12-22(24-3)17-11-7-6-10-16(17)18(19)20-21-23/h4-11,13H,12H2,1-3H3. The zero-order valence-corrected chi connectivity index (χ0v) is 14.9. The second-order valence-electron chi connectivity index (χ2n) is 6.22. The third-order valence-corrected chi connectivity index (χ3v) is 5.18. The van der Waals surface area contributed by atoms with Crippen LogP contribution in [-0.4, -0.2) is 21.2 Å². The molecule has 0 atom stereocenters. The average Bonchev–Trinajstić information content (AvgIpc) is 3.03. The van der Waals surface area contributed by atoms with Crippen molar-refractivity contribution in [3.63, 3.8) is 0 Å². The predicted molar refractivity (Wildman–Crippen MR) is 101 cm³/mol. The second-order valence-corrected chi connectivity index (χ2v) is 7.02. The summed E-state index contributed by atoms with van der Waals surface area (Å²) in [5, 5.41) is 9.04. The molecule has 0 spiro atoms. The number of para-hydroxylation sites is 1. The molecule has 0 radical (unpaired) electrons. The van der Waals surface area contributed by atoms with E-state index in [0.717, 1.165) is 23.5 Å². The van der Waals surface area contributed by atoms with Crippen LogP contribution < -0.4 is 4.31 Å². The highest BCUT2D eigenvalue weighted by molar-refractivity contribution is 7.99. The van der Waals surface area contributed by atoms with Gasteiger partial charge in [0.2, 0.25) is 0 Å². The molecular weight excluding hydrogens is 316 g/mol. The monoisotopic (exact) mass is 336 g/mol. The first-order chi connectivity index (χ1) is 11.7. The smallest absolute Gasteiger partial charge is 0.123 e. The van der Waals surface area contributed by atoms with Crippen LogP contribution in [0.5, 0.6) is 0 Å². The van der Waals surface area contributed by atoms with E-state index in [0.29, 0.717) is 0 Å². The summed E-state index contributed by atoms with van der Waals surface area (Å²) in [4.78, 5) is 0. The number of nitrogens with zero attached hydrogens (tertiary/aromatic N) is 4. The van der Waals surface area contributed by atoms with Crippen LogP contribution in [0.1, 0.15) is 25.5 Å². The molecule has 1 aliphatic rings. The number of rotatable bonds is 2. The molecule has 0 N–H and O–H groups in total. The zero-order chi connectivity index (χ0) is 16.7. The van der Waals surface area contributed by atoms with Crippen LogP contribution in [0.2, 0.25) is 0 Å². The van der Waals surface area contributed by atoms with E-state index in [1.54, 1.807) is 11.9 Å². The van der Waals surface area contributed by atoms with Crippen LogP contribution in [0.15, 0.2) is 48.5 Å². The Hall–Kier alpha value is -2.27. The first-order valence-corrected chi connectivity index (χ1v) is 9.33. The summed E-state index contributed by atoms with van der Waals surface area (Å²) >= 11 is 1.74. The Morgan fingerprint density at radius 2 is 1.71 bits per heavy atom. The van der Waals surface area contributed by atoms with Gasteiger partial charge >= 0.3 is 0 Å². The highest BCUT2D eigenvalue weighted by atomic mass is 32.2. The van der Waals surface area contributed by atoms with Crippen LogP contribution in [-0.2, 0) is 6.54 Å². The van der Waals surface area contributed by atoms with Crippen molar-refractivity contribution in [1.82, 2.24) is 15.0 Å². The molecule has 122 valence electrons. The molecule has 0 saturated carbocycles. The van der Waals surface area contributed by atoms with Gasteiger partial charge in [0.1, 0.15) is 5.69 Å². The minimum atomic E-state index is 0.262. The predicted octanol–water partition coefficient (Wildman–Crippen LogP) is 4.79. The van der Waals surface area contributed by atoms with Crippen LogP contribution in [0.3, 0.4) is 0 Å². The molecule has 1 aromatic heterocycles. The maximum absolute atomic E-state index is 4.57. The first-order valence-electron chi connectivity index (χ1n) is 8.15. The summed E-state index contributed by atoms with van der Waals surface area (Å²) < 4.78 is 4.37. The fourth-order valence-corrected chi connectivity index (χ4v) is 3.89. The molecule has 4 nitrogen and oxygen atoms in total. The molecule has 0 bridgehead atoms. The molecule has 0 aliphatic carbocycles. The van der Waals surface area contributed by atoms with E-state index in [9.17, 15) is 0 Å². The maximum Gasteiger partial charge on any atom is 0.123 e. The topological polar surface area (TPSA) is 34.0 Å². The SMILES string of the molecule is CSN1Cc2ccccc2-c2c(nnn2C(C)C)-c2ccccc21. The number of hydrogen-bond acceptors (Lipinski definition) is 4. The van der Waals surface area contributed by atoms with E-state index >= 15 is 0 Å². The average molecular weight is 336 g/mol. The van der Waals surface area contributed by atoms with Gasteiger partial charge in [-0.25, -0.2) is 4.68 Å². The van der Waals surface area contributed by atoms with Crippen LogP contribution in [0, 0.1) is 0 Å². The molecule has 5 heteroatoms. The van der Waals surface area contributed by atoms with Crippen molar-refractivity contribution in [3.05, 3.63) is 54.1 Å². The molecule has 3 aromatic rings. The van der Waals surface area contributed by atoms with E-state index < -0.39 is 0 Å². The van der Waals surface area contributed by atoms with Gasteiger partial charge in [0, 0.05) is 23.4 Å². The summed E-state index contributed by atoms with van der Waals surface area (Å²) in [5.41, 5.74) is 6.94. The Morgan fingerprint density at radius 1 is 1.00 bits per heavy atom. The first kappa shape index (κ1) is 15.3. The van der Waals surface area contributed by atoms with E-state index in [-0.39, 0.29) is 6.04 Å². The summed E-state index contributed by atoms with van der Waals surface area (Å²) in [6, 6.07) is 17.3. The Labute approximate surface area is 146 Å². The number of aromatic nitrogens is 3. The number of hydrogen-bond donors (Lipinski definition) is 0. The maximum atomic E-state index is 4.57. The van der Waals surface area contributed by atoms with Crippen molar-refractivity contribution in [2.45, 2.75) is 26.4 Å². The third kappa shape index (κ3) is 2.31. The molecule has 0 saturated heterocycles. The van der Waals surface area contributed by atoms with Crippen molar-refractivity contribution in [3.8, 4) is 22.5 Å². The van der Waals surface area contributed by atoms with Crippen LogP contribution >= 0.6 is 11.9 Å². The summed E-state index contributed by atoms with van der Waals surface area (Å²) in [6.45, 7) is 5.16. The molecule has 24 heavy (non-hydrogen) atoms. The number of anilines is 1. The van der Waals surface area contributed by atoms with E-state index in [2.05, 4.69) is 83.3 Å². The largest absolute Gasteiger partial charge is 0.311 e. The van der Waals surface area contributed by atoms with Gasteiger partial charge in [-0.1, -0.05) is 59.6 Å². The lowest BCUT2D eigenvalue weighted by Gasteiger charge is -2.28. The third-order valence-electron chi connectivity index (χ3n) is 4.42. The van der Waals surface area contributed by atoms with E-state index in [1.807, 2.05) is 4.68 Å². The van der Waals surface area contributed by atoms with Crippen molar-refractivity contribution in [2.24, 2.45) is 0 Å². The summed E-state index contributed by atoms with van der Waals surface area (Å²) in [5.74, 6) is 0. The molecule has 2 aromatic carbocycles. The molecular formula is C19H20N4S. The zero-order valence-electron chi connectivity index (χ0n) is 14.1. The van der Waals surface area contributed by atoms with Gasteiger partial charge in [0.05, 0.1) is 17.9 Å². The van der Waals surface area contributed by atoms with Gasteiger partial charge in [-0.2, -0.15) is 0 Å². The lowest BCUT2D eigenvalue weighted by Crippen LogP contribution is -2.17. The highest BCUT2D eigenvalue weighted by Crippen LogP contribution is 2.42. The van der Waals surface area contributed by atoms with Gasteiger partial charge in [-0.3, -0.25) is 0 Å². The van der Waals surface area contributed by atoms with Crippen molar-refractivity contribution >= 4 is 17.6 Å². The van der Waals surface area contributed by atoms with Crippen molar-refractivity contribution in [2.75, 3.05) is 10.6 Å². The quantitative estimate of drug-likeness (QED) is 0.630. The lowest BCUT2D eigenvalue weighted by molar-refractivity contribution is 0.519. The van der Waals surface area contributed by atoms with Gasteiger partial charge < -0.3 is 4.31 Å². The Balaban J connectivity index is 2.09. The lowest BCUT2D eigenvalue weighted by atomic mass is 9.96. The minimum absolute atomic E-state index is 0.262. The van der Waals surface area contributed by atoms with E-state index in [4.69, 9.17) is 0 Å². The van der Waals surface area contributed by atoms with E-state index in [1.165, 1.54) is 16.8 Å². The van der Waals surface area contributed by atoms with Crippen LogP contribution in [0.4, 0.5) is 5.69 Å². The number of fused-ring (bicyclic) bond motifs is 5. The Kier molecular flexibility index (Phi) is 3.81. The van der Waals surface area contributed by atoms with Crippen molar-refractivity contribution in [1.29, 1.82) is 0 Å². The molecule has 0 unspecified atom stereocenters. The summed E-state index contributed by atoms with van der Waals surface area (Å²) in [7, 11) is 0. The highest BCUT2D eigenvalue weighted by Gasteiger charge is 2.26. The molecule has 0 amide bonds. The molecule has 2 heterocycles. The van der Waals surface area contributed by atoms with Crippen molar-refractivity contribution < 1.29 is 0 Å². The summed E-state index contributed by atoms with van der Waals surface area (Å²) in [6.07, 6.45) is 2.12. The fraction of sp³-hybridized carbons (Fsp3) is 0.263. The fourth-order valence-electron chi connectivity index (χ4n) is 3.27. The molecule has 0 fully saturated rings. The second kappa shape index (κ2) is 5.98. The molecule has 4 rings (SSSR count).